The first-order valence-corrected chi connectivity index (χ1v) is 10.3. The number of imide groups is 1. The molecular formula is C23H34N2O3. The number of unbranched alkanes of at least 4 members (excludes halogenated alkanes) is 2. The van der Waals surface area contributed by atoms with Gasteiger partial charge in [-0.15, -0.1) is 0 Å². The van der Waals surface area contributed by atoms with Gasteiger partial charge in [0, 0.05) is 0 Å². The third-order valence-corrected chi connectivity index (χ3v) is 4.75. The van der Waals surface area contributed by atoms with E-state index in [1.165, 1.54) is 4.90 Å². The monoisotopic (exact) mass is 386 g/mol. The van der Waals surface area contributed by atoms with Gasteiger partial charge in [-0.05, 0) is 38.7 Å². The van der Waals surface area contributed by atoms with Crippen LogP contribution in [0.15, 0.2) is 35.3 Å². The molecule has 0 bridgehead atoms. The molecular weight excluding hydrogens is 352 g/mol. The van der Waals surface area contributed by atoms with Crippen LogP contribution in [0.25, 0.3) is 0 Å². The molecule has 0 aliphatic carbocycles. The number of nitrogens with zero attached hydrogens (tertiary/aromatic N) is 2. The summed E-state index contributed by atoms with van der Waals surface area (Å²) in [6.45, 7) is 11.6. The Bertz CT molecular complexity index is 704. The lowest BCUT2D eigenvalue weighted by molar-refractivity contribution is -0.134. The smallest absolute Gasteiger partial charge is 0.417 e. The van der Waals surface area contributed by atoms with E-state index < -0.39 is 23.8 Å². The molecule has 5 nitrogen and oxygen atoms in total. The maximum atomic E-state index is 13.3. The second-order valence-electron chi connectivity index (χ2n) is 8.77. The minimum Gasteiger partial charge on any atom is -0.443 e. The molecule has 0 spiro atoms. The lowest BCUT2D eigenvalue weighted by Crippen LogP contribution is -2.58. The second-order valence-corrected chi connectivity index (χ2v) is 8.77. The van der Waals surface area contributed by atoms with Crippen molar-refractivity contribution in [2.24, 2.45) is 10.9 Å². The largest absolute Gasteiger partial charge is 0.443 e. The van der Waals surface area contributed by atoms with Gasteiger partial charge in [0.25, 0.3) is 5.91 Å². The van der Waals surface area contributed by atoms with E-state index in [4.69, 9.17) is 9.73 Å². The molecule has 0 radical (unpaired) electrons. The van der Waals surface area contributed by atoms with Gasteiger partial charge in [0.15, 0.2) is 0 Å². The molecule has 0 aromatic heterocycles. The van der Waals surface area contributed by atoms with Crippen molar-refractivity contribution in [3.05, 3.63) is 35.9 Å². The van der Waals surface area contributed by atoms with Gasteiger partial charge in [-0.1, -0.05) is 70.4 Å². The Morgan fingerprint density at radius 2 is 1.82 bits per heavy atom. The first kappa shape index (κ1) is 22.1. The Morgan fingerprint density at radius 3 is 2.36 bits per heavy atom. The Hall–Kier alpha value is -2.17. The predicted octanol–water partition coefficient (Wildman–Crippen LogP) is 5.23. The van der Waals surface area contributed by atoms with Crippen LogP contribution in [0, 0.1) is 5.92 Å². The van der Waals surface area contributed by atoms with E-state index in [-0.39, 0.29) is 11.8 Å². The number of benzene rings is 1. The summed E-state index contributed by atoms with van der Waals surface area (Å²) in [5.41, 5.74) is 1.07. The Labute approximate surface area is 169 Å². The second kappa shape index (κ2) is 9.35. The third-order valence-electron chi connectivity index (χ3n) is 4.75. The molecule has 2 rings (SSSR count). The van der Waals surface area contributed by atoms with Crippen molar-refractivity contribution >= 4 is 17.7 Å². The number of aliphatic imine (C=N–C) groups is 1. The highest BCUT2D eigenvalue weighted by Crippen LogP contribution is 2.28. The molecule has 5 heteroatoms. The summed E-state index contributed by atoms with van der Waals surface area (Å²) in [5.74, 6) is -0.226. The lowest BCUT2D eigenvalue weighted by atomic mass is 9.89. The molecule has 2 amide bonds. The lowest BCUT2D eigenvalue weighted by Gasteiger charge is -2.39. The summed E-state index contributed by atoms with van der Waals surface area (Å²) in [5, 5.41) is 0. The fraction of sp³-hybridized carbons (Fsp3) is 0.609. The minimum atomic E-state index is -0.669. The van der Waals surface area contributed by atoms with Crippen molar-refractivity contribution < 1.29 is 14.3 Å². The van der Waals surface area contributed by atoms with E-state index in [1.807, 2.05) is 65.0 Å². The van der Waals surface area contributed by atoms with Gasteiger partial charge in [0.2, 0.25) is 0 Å². The van der Waals surface area contributed by atoms with Crippen molar-refractivity contribution in [2.75, 3.05) is 0 Å². The highest BCUT2D eigenvalue weighted by molar-refractivity contribution is 6.13. The molecule has 1 aromatic rings. The van der Waals surface area contributed by atoms with Crippen LogP contribution in [0.3, 0.4) is 0 Å². The SMILES string of the molecule is CCCCC[C@H]1N=C(c2ccccc2)[C@H](C(C)C)N(C(=O)OC(C)(C)C)C1=O. The van der Waals surface area contributed by atoms with Crippen molar-refractivity contribution in [1.29, 1.82) is 0 Å². The van der Waals surface area contributed by atoms with Crippen LogP contribution in [-0.4, -0.2) is 40.3 Å². The molecule has 28 heavy (non-hydrogen) atoms. The first-order valence-electron chi connectivity index (χ1n) is 10.3. The van der Waals surface area contributed by atoms with Gasteiger partial charge < -0.3 is 4.74 Å². The van der Waals surface area contributed by atoms with Gasteiger partial charge in [-0.2, -0.15) is 0 Å². The number of carbonyl (C=O) groups excluding carboxylic acids is 2. The molecule has 1 heterocycles. The molecule has 2 atom stereocenters. The molecule has 1 aliphatic rings. The highest BCUT2D eigenvalue weighted by atomic mass is 16.6. The van der Waals surface area contributed by atoms with Crippen LogP contribution < -0.4 is 0 Å². The van der Waals surface area contributed by atoms with Gasteiger partial charge in [-0.25, -0.2) is 9.69 Å². The normalized spacial score (nSPS) is 20.3. The zero-order chi connectivity index (χ0) is 20.9. The maximum absolute atomic E-state index is 13.3. The van der Waals surface area contributed by atoms with E-state index in [9.17, 15) is 9.59 Å². The fourth-order valence-electron chi connectivity index (χ4n) is 3.48. The Kier molecular flexibility index (Phi) is 7.39. The number of ether oxygens (including phenoxy) is 1. The summed E-state index contributed by atoms with van der Waals surface area (Å²) in [4.78, 5) is 32.5. The number of carbonyl (C=O) groups is 2. The zero-order valence-electron chi connectivity index (χ0n) is 18.1. The van der Waals surface area contributed by atoms with Crippen LogP contribution >= 0.6 is 0 Å². The van der Waals surface area contributed by atoms with Gasteiger partial charge in [0.1, 0.15) is 11.6 Å². The summed E-state index contributed by atoms with van der Waals surface area (Å²) in [6.07, 6.45) is 3.08. The molecule has 0 unspecified atom stereocenters. The highest BCUT2D eigenvalue weighted by Gasteiger charge is 2.44. The molecule has 0 saturated carbocycles. The summed E-state index contributed by atoms with van der Waals surface area (Å²) >= 11 is 0. The van der Waals surface area contributed by atoms with Crippen molar-refractivity contribution in [3.63, 3.8) is 0 Å². The van der Waals surface area contributed by atoms with E-state index >= 15 is 0 Å². The number of hydrogen-bond acceptors (Lipinski definition) is 4. The summed E-state index contributed by atoms with van der Waals surface area (Å²) in [7, 11) is 0. The minimum absolute atomic E-state index is 0.0204. The average molecular weight is 387 g/mol. The van der Waals surface area contributed by atoms with Crippen molar-refractivity contribution in [1.82, 2.24) is 4.90 Å². The van der Waals surface area contributed by atoms with E-state index in [0.717, 1.165) is 30.5 Å². The number of hydrogen-bond donors (Lipinski definition) is 0. The molecule has 1 aromatic carbocycles. The van der Waals surface area contributed by atoms with Crippen LogP contribution in [0.4, 0.5) is 4.79 Å². The van der Waals surface area contributed by atoms with Crippen LogP contribution in [0.5, 0.6) is 0 Å². The summed E-state index contributed by atoms with van der Waals surface area (Å²) in [6, 6.07) is 8.86. The summed E-state index contributed by atoms with van der Waals surface area (Å²) < 4.78 is 5.60. The standard InChI is InChI=1S/C23H34N2O3/c1-7-8-10-15-18-21(26)25(22(27)28-23(4,5)6)20(16(2)3)19(24-18)17-13-11-9-12-14-17/h9,11-14,16,18,20H,7-8,10,15H2,1-6H3/t18-,20+/m1/s1. The van der Waals surface area contributed by atoms with E-state index in [0.29, 0.717) is 6.42 Å². The molecule has 154 valence electrons. The number of rotatable bonds is 6. The predicted molar refractivity (Wildman–Crippen MR) is 113 cm³/mol. The van der Waals surface area contributed by atoms with Gasteiger partial charge >= 0.3 is 6.09 Å². The fourth-order valence-corrected chi connectivity index (χ4v) is 3.48. The molecule has 0 saturated heterocycles. The van der Waals surface area contributed by atoms with E-state index in [2.05, 4.69) is 6.92 Å². The first-order chi connectivity index (χ1) is 13.2. The van der Waals surface area contributed by atoms with E-state index in [1.54, 1.807) is 0 Å². The average Bonchev–Trinajstić information content (AvgIpc) is 2.61. The van der Waals surface area contributed by atoms with Crippen LogP contribution in [0.2, 0.25) is 0 Å². The Morgan fingerprint density at radius 1 is 1.18 bits per heavy atom. The maximum Gasteiger partial charge on any atom is 0.417 e. The quantitative estimate of drug-likeness (QED) is 0.629. The molecule has 0 fully saturated rings. The van der Waals surface area contributed by atoms with Crippen LogP contribution in [-0.2, 0) is 9.53 Å². The third kappa shape index (κ3) is 5.43. The number of amides is 2. The van der Waals surface area contributed by atoms with Crippen molar-refractivity contribution in [3.8, 4) is 0 Å². The Balaban J connectivity index is 2.48. The van der Waals surface area contributed by atoms with Crippen molar-refractivity contribution in [2.45, 2.75) is 84.9 Å². The van der Waals surface area contributed by atoms with Gasteiger partial charge in [0.05, 0.1) is 11.8 Å². The van der Waals surface area contributed by atoms with Crippen LogP contribution in [0.1, 0.15) is 72.8 Å². The molecule has 1 aliphatic heterocycles. The topological polar surface area (TPSA) is 59.0 Å². The zero-order valence-corrected chi connectivity index (χ0v) is 18.1. The molecule has 0 N–H and O–H groups in total. The van der Waals surface area contributed by atoms with Gasteiger partial charge in [-0.3, -0.25) is 9.79 Å².